The van der Waals surface area contributed by atoms with Gasteiger partial charge < -0.3 is 11.1 Å². The average Bonchev–Trinajstić information content (AvgIpc) is 2.13. The van der Waals surface area contributed by atoms with Crippen LogP contribution >= 0.6 is 12.2 Å². The third-order valence-electron chi connectivity index (χ3n) is 2.34. The van der Waals surface area contributed by atoms with Gasteiger partial charge in [-0.05, 0) is 18.4 Å². The molecule has 3 N–H and O–H groups in total. The Balaban J connectivity index is 2.86. The molecule has 0 aromatic heterocycles. The number of hydrogen-bond acceptors (Lipinski definition) is 4. The van der Waals surface area contributed by atoms with Crippen LogP contribution in [0.5, 0.6) is 0 Å². The molecule has 0 heterocycles. The molecule has 0 aliphatic carbocycles. The number of nitrogens with one attached hydrogen (secondary N) is 1. The molecule has 0 radical (unpaired) electrons. The van der Waals surface area contributed by atoms with Gasteiger partial charge >= 0.3 is 0 Å². The smallest absolute Gasteiger partial charge is 0.204 e. The van der Waals surface area contributed by atoms with Crippen molar-refractivity contribution in [2.75, 3.05) is 18.4 Å². The largest absolute Gasteiger partial charge is 0.383 e. The Morgan fingerprint density at radius 1 is 1.40 bits per heavy atom. The van der Waals surface area contributed by atoms with Crippen molar-refractivity contribution in [3.8, 4) is 0 Å². The van der Waals surface area contributed by atoms with E-state index in [9.17, 15) is 4.79 Å². The van der Waals surface area contributed by atoms with Crippen LogP contribution in [0.25, 0.3) is 0 Å². The first-order valence-corrected chi connectivity index (χ1v) is 5.58. The highest BCUT2D eigenvalue weighted by Crippen LogP contribution is 2.30. The van der Waals surface area contributed by atoms with Gasteiger partial charge in [0.15, 0.2) is 0 Å². The zero-order valence-corrected chi connectivity index (χ0v) is 10.3. The van der Waals surface area contributed by atoms with Crippen molar-refractivity contribution in [2.45, 2.75) is 32.6 Å². The van der Waals surface area contributed by atoms with Crippen LogP contribution < -0.4 is 16.5 Å². The first-order chi connectivity index (χ1) is 6.89. The lowest BCUT2D eigenvalue weighted by molar-refractivity contribution is 0.581. The predicted octanol–water partition coefficient (Wildman–Crippen LogP) is 1.71. The third kappa shape index (κ3) is 2.44. The van der Waals surface area contributed by atoms with Gasteiger partial charge in [0.25, 0.3) is 0 Å². The summed E-state index contributed by atoms with van der Waals surface area (Å²) >= 11 is 5.02. The monoisotopic (exact) mass is 226 g/mol. The fourth-order valence-corrected chi connectivity index (χ4v) is 1.87. The van der Waals surface area contributed by atoms with Crippen molar-refractivity contribution >= 4 is 17.9 Å². The van der Waals surface area contributed by atoms with E-state index in [1.165, 1.54) is 0 Å². The van der Waals surface area contributed by atoms with E-state index in [4.69, 9.17) is 18.0 Å². The molecule has 0 amide bonds. The summed E-state index contributed by atoms with van der Waals surface area (Å²) in [7, 11) is 0. The van der Waals surface area contributed by atoms with E-state index in [1.54, 1.807) is 0 Å². The number of anilines is 1. The van der Waals surface area contributed by atoms with Crippen molar-refractivity contribution < 1.29 is 0 Å². The molecule has 0 aliphatic rings. The summed E-state index contributed by atoms with van der Waals surface area (Å²) in [5.74, 6) is 0. The maximum atomic E-state index is 11.6. The van der Waals surface area contributed by atoms with Gasteiger partial charge in [-0.15, -0.1) is 0 Å². The molecule has 0 aliphatic heterocycles. The predicted molar refractivity (Wildman–Crippen MR) is 66.8 cm³/mol. The van der Waals surface area contributed by atoms with Crippen LogP contribution in [0.15, 0.2) is 4.79 Å². The highest BCUT2D eigenvalue weighted by molar-refractivity contribution is 7.71. The summed E-state index contributed by atoms with van der Waals surface area (Å²) in [6.45, 7) is 7.48. The van der Waals surface area contributed by atoms with Gasteiger partial charge in [0, 0.05) is 12.1 Å². The van der Waals surface area contributed by atoms with E-state index < -0.39 is 0 Å². The highest BCUT2D eigenvalue weighted by atomic mass is 32.1. The Morgan fingerprint density at radius 2 is 2.00 bits per heavy atom. The van der Waals surface area contributed by atoms with E-state index >= 15 is 0 Å². The van der Waals surface area contributed by atoms with Crippen LogP contribution in [0.2, 0.25) is 0 Å². The minimum atomic E-state index is -0.134. The summed E-state index contributed by atoms with van der Waals surface area (Å²) in [6, 6.07) is 0. The van der Waals surface area contributed by atoms with Crippen molar-refractivity contribution in [3.63, 3.8) is 0 Å². The van der Waals surface area contributed by atoms with Crippen molar-refractivity contribution in [1.29, 1.82) is 0 Å². The summed E-state index contributed by atoms with van der Waals surface area (Å²) < 4.78 is 0.442. The van der Waals surface area contributed by atoms with Gasteiger partial charge in [-0.25, -0.2) is 0 Å². The number of hydrogen-bond donors (Lipinski definition) is 2. The second kappa shape index (κ2) is 4.41. The Bertz CT molecular complexity index is 411. The molecule has 0 saturated carbocycles. The molecule has 0 spiro atoms. The molecule has 15 heavy (non-hydrogen) atoms. The van der Waals surface area contributed by atoms with Gasteiger partial charge in [-0.3, -0.25) is 4.79 Å². The van der Waals surface area contributed by atoms with Crippen LogP contribution in [0, 0.1) is 4.51 Å². The zero-order valence-electron chi connectivity index (χ0n) is 9.52. The van der Waals surface area contributed by atoms with Crippen molar-refractivity contribution in [2.24, 2.45) is 5.73 Å². The van der Waals surface area contributed by atoms with Crippen LogP contribution in [0.3, 0.4) is 0 Å². The Kier molecular flexibility index (Phi) is 3.62. The van der Waals surface area contributed by atoms with Crippen LogP contribution in [-0.2, 0) is 5.41 Å². The first-order valence-electron chi connectivity index (χ1n) is 5.17. The molecule has 84 valence electrons. The minimum absolute atomic E-state index is 0.0211. The summed E-state index contributed by atoms with van der Waals surface area (Å²) in [5, 5.41) is 3.19. The first kappa shape index (κ1) is 12.3. The van der Waals surface area contributed by atoms with Gasteiger partial charge in [0.05, 0.1) is 5.69 Å². The second-order valence-electron chi connectivity index (χ2n) is 4.73. The molecule has 3 nitrogen and oxygen atoms in total. The molecule has 1 aromatic rings. The molecule has 0 saturated heterocycles. The molecule has 0 atom stereocenters. The second-order valence-corrected chi connectivity index (χ2v) is 5.14. The van der Waals surface area contributed by atoms with E-state index in [0.717, 1.165) is 24.2 Å². The van der Waals surface area contributed by atoms with Crippen LogP contribution in [0.4, 0.5) is 5.69 Å². The Morgan fingerprint density at radius 3 is 2.47 bits per heavy atom. The maximum absolute atomic E-state index is 11.6. The lowest BCUT2D eigenvalue weighted by Crippen LogP contribution is -2.31. The van der Waals surface area contributed by atoms with Crippen LogP contribution in [-0.4, -0.2) is 13.1 Å². The topological polar surface area (TPSA) is 55.1 Å². The standard InChI is InChI=1S/C11H18N2OS/c1-11(2,3)7-8(10(15)9(7)14)13-6-4-5-12/h13H,4-6,12H2,1-3H3. The van der Waals surface area contributed by atoms with Gasteiger partial charge in [-0.2, -0.15) is 0 Å². The van der Waals surface area contributed by atoms with Crippen molar-refractivity contribution in [3.05, 3.63) is 20.3 Å². The minimum Gasteiger partial charge on any atom is -0.383 e. The molecule has 4 heteroatoms. The molecule has 0 unspecified atom stereocenters. The molecular weight excluding hydrogens is 208 g/mol. The quantitative estimate of drug-likeness (QED) is 0.606. The third-order valence-corrected chi connectivity index (χ3v) is 2.73. The SMILES string of the molecule is CC(C)(C)c1c(NCCCN)c(=S)c1=O. The average molecular weight is 226 g/mol. The summed E-state index contributed by atoms with van der Waals surface area (Å²) in [5.41, 5.74) is 6.97. The van der Waals surface area contributed by atoms with Crippen LogP contribution in [0.1, 0.15) is 32.8 Å². The number of rotatable bonds is 4. The normalized spacial score (nSPS) is 12.0. The maximum Gasteiger partial charge on any atom is 0.204 e. The van der Waals surface area contributed by atoms with E-state index in [-0.39, 0.29) is 10.8 Å². The fourth-order valence-electron chi connectivity index (χ4n) is 1.59. The van der Waals surface area contributed by atoms with E-state index in [0.29, 0.717) is 11.1 Å². The molecule has 1 aromatic carbocycles. The molecule has 0 fully saturated rings. The lowest BCUT2D eigenvalue weighted by atomic mass is 9.82. The Hall–Kier alpha value is -0.740. The van der Waals surface area contributed by atoms with Gasteiger partial charge in [0.2, 0.25) is 5.43 Å². The van der Waals surface area contributed by atoms with Gasteiger partial charge in [0.1, 0.15) is 4.51 Å². The number of nitrogens with two attached hydrogens (primary N) is 1. The molecule has 1 rings (SSSR count). The summed E-state index contributed by atoms with van der Waals surface area (Å²) in [6.07, 6.45) is 0.887. The van der Waals surface area contributed by atoms with Gasteiger partial charge in [-0.1, -0.05) is 33.0 Å². The summed E-state index contributed by atoms with van der Waals surface area (Å²) in [4.78, 5) is 11.6. The fraction of sp³-hybridized carbons (Fsp3) is 0.636. The molecule has 0 bridgehead atoms. The Labute approximate surface area is 95.4 Å². The van der Waals surface area contributed by atoms with Crippen molar-refractivity contribution in [1.82, 2.24) is 0 Å². The van der Waals surface area contributed by atoms with E-state index in [1.807, 2.05) is 20.8 Å². The zero-order chi connectivity index (χ0) is 11.6. The lowest BCUT2D eigenvalue weighted by Gasteiger charge is -2.25. The highest BCUT2D eigenvalue weighted by Gasteiger charge is 2.27. The van der Waals surface area contributed by atoms with E-state index in [2.05, 4.69) is 5.32 Å². The molecular formula is C11H18N2OS.